The molecule has 0 unspecified atom stereocenters. The molecule has 1 N–H and O–H groups in total. The second-order valence-electron chi connectivity index (χ2n) is 4.65. The van der Waals surface area contributed by atoms with Gasteiger partial charge in [0.2, 0.25) is 0 Å². The van der Waals surface area contributed by atoms with Crippen molar-refractivity contribution in [2.24, 2.45) is 5.41 Å². The van der Waals surface area contributed by atoms with Crippen LogP contribution in [0.3, 0.4) is 0 Å². The van der Waals surface area contributed by atoms with Gasteiger partial charge in [0.25, 0.3) is 0 Å². The molecule has 1 heterocycles. The molecule has 0 aliphatic carbocycles. The minimum Gasteiger partial charge on any atom is -0.441 e. The molecular formula is C10H16F3NO3. The molecule has 0 radical (unpaired) electrons. The maximum absolute atomic E-state index is 12.7. The molecular weight excluding hydrogens is 239 g/mol. The van der Waals surface area contributed by atoms with Crippen LogP contribution in [0.4, 0.5) is 18.0 Å². The van der Waals surface area contributed by atoms with Crippen molar-refractivity contribution in [1.82, 2.24) is 5.32 Å². The van der Waals surface area contributed by atoms with Gasteiger partial charge < -0.3 is 14.8 Å². The molecule has 1 saturated heterocycles. The molecule has 4 nitrogen and oxygen atoms in total. The number of halogens is 3. The number of carbonyl (C=O) groups is 1. The molecule has 0 aromatic carbocycles. The van der Waals surface area contributed by atoms with Gasteiger partial charge in [-0.3, -0.25) is 0 Å². The first-order chi connectivity index (χ1) is 7.64. The van der Waals surface area contributed by atoms with E-state index < -0.39 is 23.7 Å². The van der Waals surface area contributed by atoms with E-state index in [-0.39, 0.29) is 6.10 Å². The fraction of sp³-hybridized carbons (Fsp3) is 0.900. The van der Waals surface area contributed by atoms with Gasteiger partial charge in [-0.25, -0.2) is 4.79 Å². The summed E-state index contributed by atoms with van der Waals surface area (Å²) >= 11 is 0. The molecule has 1 aliphatic rings. The lowest BCUT2D eigenvalue weighted by Gasteiger charge is -2.34. The Hall–Kier alpha value is -0.980. The number of hydrogen-bond acceptors (Lipinski definition) is 3. The van der Waals surface area contributed by atoms with Crippen molar-refractivity contribution in [2.45, 2.75) is 39.1 Å². The molecule has 7 heteroatoms. The number of amides is 1. The number of alkyl carbamates (subject to hydrolysis) is 1. The fourth-order valence-corrected chi connectivity index (χ4v) is 1.07. The summed E-state index contributed by atoms with van der Waals surface area (Å²) in [4.78, 5) is 11.3. The molecule has 0 aromatic heterocycles. The molecule has 1 rings (SSSR count). The summed E-state index contributed by atoms with van der Waals surface area (Å²) in [5.74, 6) is 0. The summed E-state index contributed by atoms with van der Waals surface area (Å²) < 4.78 is 47.6. The monoisotopic (exact) mass is 255 g/mol. The van der Waals surface area contributed by atoms with E-state index in [2.05, 4.69) is 5.32 Å². The normalized spacial score (nSPS) is 19.4. The van der Waals surface area contributed by atoms with Gasteiger partial charge in [-0.15, -0.1) is 0 Å². The first-order valence-electron chi connectivity index (χ1n) is 5.26. The minimum atomic E-state index is -4.39. The largest absolute Gasteiger partial charge is 0.441 e. The SMILES string of the molecule is C[C@H](NC(=O)OC1COC1)C(C)(C)C(F)(F)F. The molecule has 0 bridgehead atoms. The number of nitrogens with one attached hydrogen (secondary N) is 1. The van der Waals surface area contributed by atoms with Crippen LogP contribution in [0, 0.1) is 5.41 Å². The van der Waals surface area contributed by atoms with Gasteiger partial charge in [0.1, 0.15) is 0 Å². The number of alkyl halides is 3. The van der Waals surface area contributed by atoms with Gasteiger partial charge in [-0.05, 0) is 20.8 Å². The predicted octanol–water partition coefficient (Wildman–Crippen LogP) is 2.09. The van der Waals surface area contributed by atoms with Gasteiger partial charge in [0, 0.05) is 6.04 Å². The Kier molecular flexibility index (Phi) is 3.91. The Morgan fingerprint density at radius 2 is 1.94 bits per heavy atom. The van der Waals surface area contributed by atoms with Crippen LogP contribution in [-0.4, -0.2) is 37.6 Å². The fourth-order valence-electron chi connectivity index (χ4n) is 1.07. The third kappa shape index (κ3) is 3.24. The lowest BCUT2D eigenvalue weighted by atomic mass is 9.85. The van der Waals surface area contributed by atoms with E-state index in [0.717, 1.165) is 13.8 Å². The highest BCUT2D eigenvalue weighted by atomic mass is 19.4. The molecule has 1 fully saturated rings. The lowest BCUT2D eigenvalue weighted by molar-refractivity contribution is -0.219. The van der Waals surface area contributed by atoms with E-state index in [1.165, 1.54) is 6.92 Å². The summed E-state index contributed by atoms with van der Waals surface area (Å²) in [6.45, 7) is 3.95. The third-order valence-corrected chi connectivity index (χ3v) is 3.03. The summed E-state index contributed by atoms with van der Waals surface area (Å²) in [5, 5.41) is 2.19. The van der Waals surface area contributed by atoms with E-state index in [4.69, 9.17) is 9.47 Å². The average Bonchev–Trinajstić information content (AvgIpc) is 2.09. The van der Waals surface area contributed by atoms with Crippen LogP contribution in [0.15, 0.2) is 0 Å². The summed E-state index contributed by atoms with van der Waals surface area (Å²) in [5.41, 5.74) is -2.01. The van der Waals surface area contributed by atoms with E-state index in [1.807, 2.05) is 0 Å². The van der Waals surface area contributed by atoms with E-state index in [9.17, 15) is 18.0 Å². The smallest absolute Gasteiger partial charge is 0.407 e. The van der Waals surface area contributed by atoms with E-state index in [1.54, 1.807) is 0 Å². The molecule has 1 aliphatic heterocycles. The molecule has 0 saturated carbocycles. The highest BCUT2D eigenvalue weighted by Crippen LogP contribution is 2.40. The maximum Gasteiger partial charge on any atom is 0.407 e. The number of ether oxygens (including phenoxy) is 2. The van der Waals surface area contributed by atoms with Crippen LogP contribution in [0.1, 0.15) is 20.8 Å². The molecule has 100 valence electrons. The number of carbonyl (C=O) groups excluding carboxylic acids is 1. The van der Waals surface area contributed by atoms with E-state index >= 15 is 0 Å². The van der Waals surface area contributed by atoms with E-state index in [0.29, 0.717) is 13.2 Å². The van der Waals surface area contributed by atoms with Crippen molar-refractivity contribution in [2.75, 3.05) is 13.2 Å². The second kappa shape index (κ2) is 4.72. The molecule has 1 amide bonds. The van der Waals surface area contributed by atoms with Gasteiger partial charge in [-0.1, -0.05) is 0 Å². The van der Waals surface area contributed by atoms with Gasteiger partial charge in [0.05, 0.1) is 18.6 Å². The molecule has 0 spiro atoms. The topological polar surface area (TPSA) is 47.6 Å². The highest BCUT2D eigenvalue weighted by molar-refractivity contribution is 5.68. The molecule has 1 atom stereocenters. The second-order valence-corrected chi connectivity index (χ2v) is 4.65. The van der Waals surface area contributed by atoms with Crippen LogP contribution in [0.25, 0.3) is 0 Å². The Balaban J connectivity index is 2.47. The zero-order valence-electron chi connectivity index (χ0n) is 9.93. The van der Waals surface area contributed by atoms with Gasteiger partial charge in [-0.2, -0.15) is 13.2 Å². The zero-order valence-corrected chi connectivity index (χ0v) is 9.93. The van der Waals surface area contributed by atoms with Crippen LogP contribution in [0.5, 0.6) is 0 Å². The Morgan fingerprint density at radius 3 is 2.29 bits per heavy atom. The van der Waals surface area contributed by atoms with Crippen molar-refractivity contribution in [3.8, 4) is 0 Å². The number of rotatable bonds is 3. The summed E-state index contributed by atoms with van der Waals surface area (Å²) in [6, 6.07) is -1.07. The standard InChI is InChI=1S/C10H16F3NO3/c1-6(9(2,3)10(11,12)13)14-8(15)17-7-4-16-5-7/h6-7H,4-5H2,1-3H3,(H,14,15)/t6-/m0/s1. The third-order valence-electron chi connectivity index (χ3n) is 3.03. The molecule has 0 aromatic rings. The van der Waals surface area contributed by atoms with Crippen molar-refractivity contribution in [3.05, 3.63) is 0 Å². The Morgan fingerprint density at radius 1 is 1.41 bits per heavy atom. The average molecular weight is 255 g/mol. The van der Waals surface area contributed by atoms with Crippen molar-refractivity contribution in [3.63, 3.8) is 0 Å². The van der Waals surface area contributed by atoms with Crippen LogP contribution >= 0.6 is 0 Å². The van der Waals surface area contributed by atoms with Crippen molar-refractivity contribution >= 4 is 6.09 Å². The summed E-state index contributed by atoms with van der Waals surface area (Å²) in [7, 11) is 0. The van der Waals surface area contributed by atoms with Gasteiger partial charge in [0.15, 0.2) is 6.10 Å². The lowest BCUT2D eigenvalue weighted by Crippen LogP contribution is -2.52. The number of hydrogen-bond donors (Lipinski definition) is 1. The maximum atomic E-state index is 12.7. The first kappa shape index (κ1) is 14.1. The highest BCUT2D eigenvalue weighted by Gasteiger charge is 2.51. The summed E-state index contributed by atoms with van der Waals surface area (Å²) in [6.07, 6.45) is -5.58. The Labute approximate surface area is 97.5 Å². The quantitative estimate of drug-likeness (QED) is 0.840. The van der Waals surface area contributed by atoms with Crippen LogP contribution < -0.4 is 5.32 Å². The zero-order chi connectivity index (χ0) is 13.3. The molecule has 17 heavy (non-hydrogen) atoms. The van der Waals surface area contributed by atoms with Gasteiger partial charge >= 0.3 is 12.3 Å². The van der Waals surface area contributed by atoms with Crippen molar-refractivity contribution < 1.29 is 27.4 Å². The van der Waals surface area contributed by atoms with Crippen LogP contribution in [0.2, 0.25) is 0 Å². The van der Waals surface area contributed by atoms with Crippen LogP contribution in [-0.2, 0) is 9.47 Å². The predicted molar refractivity (Wildman–Crippen MR) is 53.5 cm³/mol. The Bertz CT molecular complexity index is 287. The van der Waals surface area contributed by atoms with Crippen molar-refractivity contribution in [1.29, 1.82) is 0 Å². The first-order valence-corrected chi connectivity index (χ1v) is 5.26. The minimum absolute atomic E-state index is 0.296.